The van der Waals surface area contributed by atoms with E-state index in [-0.39, 0.29) is 6.03 Å². The van der Waals surface area contributed by atoms with Gasteiger partial charge in [0, 0.05) is 45.8 Å². The zero-order valence-electron chi connectivity index (χ0n) is 15.6. The molecule has 3 unspecified atom stereocenters. The van der Waals surface area contributed by atoms with Crippen LogP contribution in [0, 0.1) is 5.92 Å². The van der Waals surface area contributed by atoms with E-state index in [4.69, 9.17) is 4.74 Å². The van der Waals surface area contributed by atoms with Crippen LogP contribution in [-0.4, -0.2) is 67.6 Å². The predicted molar refractivity (Wildman–Crippen MR) is 97.9 cm³/mol. The molecule has 4 rings (SSSR count). The van der Waals surface area contributed by atoms with Gasteiger partial charge >= 0.3 is 6.03 Å². The highest BCUT2D eigenvalue weighted by Crippen LogP contribution is 2.43. The van der Waals surface area contributed by atoms with E-state index in [1.165, 1.54) is 17.5 Å². The van der Waals surface area contributed by atoms with Crippen molar-refractivity contribution in [1.82, 2.24) is 14.7 Å². The molecule has 0 spiro atoms. The summed E-state index contributed by atoms with van der Waals surface area (Å²) < 4.78 is 5.47. The summed E-state index contributed by atoms with van der Waals surface area (Å²) >= 11 is 0. The molecule has 0 aromatic heterocycles. The quantitative estimate of drug-likeness (QED) is 0.787. The third kappa shape index (κ3) is 2.88. The van der Waals surface area contributed by atoms with Crippen LogP contribution in [0.2, 0.25) is 0 Å². The summed E-state index contributed by atoms with van der Waals surface area (Å²) in [6.45, 7) is 3.15. The Morgan fingerprint density at radius 3 is 2.88 bits per heavy atom. The van der Waals surface area contributed by atoms with Crippen molar-refractivity contribution in [2.45, 2.75) is 37.8 Å². The van der Waals surface area contributed by atoms with E-state index in [9.17, 15) is 4.79 Å². The summed E-state index contributed by atoms with van der Waals surface area (Å²) in [6.07, 6.45) is 4.54. The Morgan fingerprint density at radius 1 is 1.28 bits per heavy atom. The number of benzene rings is 1. The Kier molecular flexibility index (Phi) is 4.36. The molecule has 0 N–H and O–H groups in total. The van der Waals surface area contributed by atoms with Gasteiger partial charge in [0.2, 0.25) is 0 Å². The Labute approximate surface area is 150 Å². The van der Waals surface area contributed by atoms with Crippen LogP contribution in [0.1, 0.15) is 36.4 Å². The average molecular weight is 343 g/mol. The fraction of sp³-hybridized carbons (Fsp3) is 0.650. The molecule has 3 aliphatic heterocycles. The van der Waals surface area contributed by atoms with Gasteiger partial charge in [0.1, 0.15) is 5.75 Å². The molecule has 5 nitrogen and oxygen atoms in total. The van der Waals surface area contributed by atoms with Gasteiger partial charge in [-0.2, -0.15) is 0 Å². The zero-order valence-corrected chi connectivity index (χ0v) is 15.6. The van der Waals surface area contributed by atoms with Crippen LogP contribution >= 0.6 is 0 Å². The second-order valence-corrected chi connectivity index (χ2v) is 7.90. The molecule has 1 aromatic rings. The normalized spacial score (nSPS) is 28.6. The Balaban J connectivity index is 1.64. The molecule has 25 heavy (non-hydrogen) atoms. The summed E-state index contributed by atoms with van der Waals surface area (Å²) in [5.74, 6) is 1.55. The largest absolute Gasteiger partial charge is 0.497 e. The summed E-state index contributed by atoms with van der Waals surface area (Å²) in [5.41, 5.74) is 2.86. The minimum Gasteiger partial charge on any atom is -0.497 e. The van der Waals surface area contributed by atoms with Crippen molar-refractivity contribution in [2.24, 2.45) is 5.92 Å². The molecule has 0 radical (unpaired) electrons. The van der Waals surface area contributed by atoms with Crippen molar-refractivity contribution >= 4 is 6.03 Å². The molecule has 136 valence electrons. The van der Waals surface area contributed by atoms with Crippen molar-refractivity contribution in [3.05, 3.63) is 29.3 Å². The highest BCUT2D eigenvalue weighted by atomic mass is 16.5. The number of hydrogen-bond acceptors (Lipinski definition) is 3. The van der Waals surface area contributed by atoms with Gasteiger partial charge in [-0.3, -0.25) is 4.90 Å². The SMILES string of the molecule is COc1ccc2c(c1)C1CC3C(CCCN3C(=O)N(C)C)CN1CC2. The minimum absolute atomic E-state index is 0.171. The number of amides is 2. The minimum atomic E-state index is 0.171. The third-order valence-electron chi connectivity index (χ3n) is 6.30. The maximum absolute atomic E-state index is 12.7. The molecule has 0 saturated carbocycles. The van der Waals surface area contributed by atoms with E-state index in [2.05, 4.69) is 28.0 Å². The highest BCUT2D eigenvalue weighted by molar-refractivity contribution is 5.74. The Bertz CT molecular complexity index is 660. The van der Waals surface area contributed by atoms with Crippen LogP contribution in [-0.2, 0) is 6.42 Å². The number of carbonyl (C=O) groups is 1. The van der Waals surface area contributed by atoms with Crippen molar-refractivity contribution in [3.63, 3.8) is 0 Å². The number of rotatable bonds is 1. The first-order valence-electron chi connectivity index (χ1n) is 9.47. The lowest BCUT2D eigenvalue weighted by Gasteiger charge is -2.52. The van der Waals surface area contributed by atoms with Gasteiger partial charge in [0.25, 0.3) is 0 Å². The summed E-state index contributed by atoms with van der Waals surface area (Å²) in [7, 11) is 5.46. The molecule has 3 heterocycles. The van der Waals surface area contributed by atoms with Crippen molar-refractivity contribution < 1.29 is 9.53 Å². The van der Waals surface area contributed by atoms with Crippen molar-refractivity contribution in [1.29, 1.82) is 0 Å². The predicted octanol–water partition coefficient (Wildman–Crippen LogP) is 2.76. The summed E-state index contributed by atoms with van der Waals surface area (Å²) in [5, 5.41) is 0. The van der Waals surface area contributed by atoms with Gasteiger partial charge in [-0.1, -0.05) is 6.07 Å². The van der Waals surface area contributed by atoms with Crippen LogP contribution < -0.4 is 4.74 Å². The number of methoxy groups -OCH3 is 1. The van der Waals surface area contributed by atoms with E-state index in [0.29, 0.717) is 18.0 Å². The van der Waals surface area contributed by atoms with Crippen LogP contribution in [0.15, 0.2) is 18.2 Å². The molecule has 2 saturated heterocycles. The van der Waals surface area contributed by atoms with Gasteiger partial charge in [0.15, 0.2) is 0 Å². The van der Waals surface area contributed by atoms with E-state index in [1.54, 1.807) is 12.0 Å². The van der Waals surface area contributed by atoms with E-state index >= 15 is 0 Å². The number of carbonyl (C=O) groups excluding carboxylic acids is 1. The molecule has 0 aliphatic carbocycles. The standard InChI is InChI=1S/C20H29N3O2/c1-21(2)20(24)23-9-4-5-15-13-22-10-8-14-6-7-16(25-3)11-17(14)19(22)12-18(15)23/h6-7,11,15,18-19H,4-5,8-10,12-13H2,1-3H3. The summed E-state index contributed by atoms with van der Waals surface area (Å²) in [4.78, 5) is 19.2. The lowest BCUT2D eigenvalue weighted by Crippen LogP contribution is -2.59. The first kappa shape index (κ1) is 16.7. The summed E-state index contributed by atoms with van der Waals surface area (Å²) in [6, 6.07) is 7.46. The molecule has 2 fully saturated rings. The molecule has 1 aromatic carbocycles. The van der Waals surface area contributed by atoms with Crippen LogP contribution in [0.3, 0.4) is 0 Å². The molecular weight excluding hydrogens is 314 g/mol. The lowest BCUT2D eigenvalue weighted by molar-refractivity contribution is 0.00104. The van der Waals surface area contributed by atoms with Crippen LogP contribution in [0.25, 0.3) is 0 Å². The molecule has 3 atom stereocenters. The van der Waals surface area contributed by atoms with E-state index in [1.807, 2.05) is 14.1 Å². The number of urea groups is 1. The number of fused-ring (bicyclic) bond motifs is 4. The van der Waals surface area contributed by atoms with Gasteiger partial charge in [-0.15, -0.1) is 0 Å². The van der Waals surface area contributed by atoms with Crippen LogP contribution in [0.5, 0.6) is 5.75 Å². The van der Waals surface area contributed by atoms with E-state index in [0.717, 1.165) is 44.6 Å². The Hall–Kier alpha value is -1.75. The smallest absolute Gasteiger partial charge is 0.319 e. The topological polar surface area (TPSA) is 36.0 Å². The molecule has 5 heteroatoms. The highest BCUT2D eigenvalue weighted by Gasteiger charge is 2.44. The second-order valence-electron chi connectivity index (χ2n) is 7.90. The maximum Gasteiger partial charge on any atom is 0.319 e. The van der Waals surface area contributed by atoms with Gasteiger partial charge < -0.3 is 14.5 Å². The zero-order chi connectivity index (χ0) is 17.6. The molecule has 2 amide bonds. The monoisotopic (exact) mass is 343 g/mol. The first-order valence-corrected chi connectivity index (χ1v) is 9.47. The maximum atomic E-state index is 12.7. The van der Waals surface area contributed by atoms with Gasteiger partial charge in [-0.05, 0) is 54.9 Å². The van der Waals surface area contributed by atoms with Crippen molar-refractivity contribution in [2.75, 3.05) is 40.8 Å². The number of nitrogens with zero attached hydrogens (tertiary/aromatic N) is 3. The fourth-order valence-corrected chi connectivity index (χ4v) is 5.04. The first-order chi connectivity index (χ1) is 12.1. The molecule has 0 bridgehead atoms. The van der Waals surface area contributed by atoms with Crippen LogP contribution in [0.4, 0.5) is 4.79 Å². The van der Waals surface area contributed by atoms with E-state index < -0.39 is 0 Å². The van der Waals surface area contributed by atoms with Gasteiger partial charge in [0.05, 0.1) is 7.11 Å². The number of ether oxygens (including phenoxy) is 1. The number of hydrogen-bond donors (Lipinski definition) is 0. The van der Waals surface area contributed by atoms with Crippen molar-refractivity contribution in [3.8, 4) is 5.75 Å². The average Bonchev–Trinajstić information content (AvgIpc) is 2.64. The number of piperidine rings is 2. The number of likely N-dealkylation sites (tertiary alicyclic amines) is 1. The lowest BCUT2D eigenvalue weighted by atomic mass is 9.76. The molecule has 3 aliphatic rings. The molecular formula is C20H29N3O2. The fourth-order valence-electron chi connectivity index (χ4n) is 5.04. The third-order valence-corrected chi connectivity index (χ3v) is 6.30. The second kappa shape index (κ2) is 6.52. The Morgan fingerprint density at radius 2 is 2.12 bits per heavy atom. The van der Waals surface area contributed by atoms with Gasteiger partial charge in [-0.25, -0.2) is 4.79 Å².